The van der Waals surface area contributed by atoms with E-state index < -0.39 is 0 Å². The van der Waals surface area contributed by atoms with Crippen LogP contribution in [-0.2, 0) is 13.1 Å². The fourth-order valence-electron chi connectivity index (χ4n) is 3.49. The van der Waals surface area contributed by atoms with E-state index >= 15 is 0 Å². The number of rotatable bonds is 6. The quantitative estimate of drug-likeness (QED) is 0.876. The molecular formula is C20H29N3O2. The molecule has 1 aromatic carbocycles. The van der Waals surface area contributed by atoms with Gasteiger partial charge in [0.05, 0.1) is 18.8 Å². The van der Waals surface area contributed by atoms with E-state index in [1.165, 1.54) is 16.8 Å². The maximum atomic E-state index is 9.15. The smallest absolute Gasteiger partial charge is 0.119 e. The second kappa shape index (κ2) is 8.02. The van der Waals surface area contributed by atoms with Crippen LogP contribution in [0, 0.1) is 20.8 Å². The van der Waals surface area contributed by atoms with Crippen molar-refractivity contribution in [3.05, 3.63) is 46.8 Å². The standard InChI is InChI=1S/C20H29N3O2/c1-15-4-6-18(7-5-15)25-19-8-10-22(11-9-19)14-20-16(2)21-23(12-13-24)17(20)3/h4-7,19,24H,8-14H2,1-3H3. The molecule has 0 spiro atoms. The molecule has 3 rings (SSSR count). The Bertz CT molecular complexity index is 686. The minimum Gasteiger partial charge on any atom is -0.490 e. The zero-order valence-electron chi connectivity index (χ0n) is 15.5. The van der Waals surface area contributed by atoms with Gasteiger partial charge in [0, 0.05) is 30.9 Å². The lowest BCUT2D eigenvalue weighted by molar-refractivity contribution is 0.0966. The van der Waals surface area contributed by atoms with Crippen LogP contribution in [-0.4, -0.2) is 45.6 Å². The number of hydrogen-bond donors (Lipinski definition) is 1. The lowest BCUT2D eigenvalue weighted by atomic mass is 10.1. The number of nitrogens with zero attached hydrogens (tertiary/aromatic N) is 3. The van der Waals surface area contributed by atoms with Crippen molar-refractivity contribution in [2.75, 3.05) is 19.7 Å². The summed E-state index contributed by atoms with van der Waals surface area (Å²) in [5, 5.41) is 13.7. The summed E-state index contributed by atoms with van der Waals surface area (Å²) in [6, 6.07) is 8.31. The van der Waals surface area contributed by atoms with E-state index in [1.807, 2.05) is 4.68 Å². The molecule has 1 aliphatic rings. The molecule has 25 heavy (non-hydrogen) atoms. The van der Waals surface area contributed by atoms with Crippen molar-refractivity contribution in [1.29, 1.82) is 0 Å². The topological polar surface area (TPSA) is 50.5 Å². The van der Waals surface area contributed by atoms with Gasteiger partial charge >= 0.3 is 0 Å². The number of aliphatic hydroxyl groups is 1. The lowest BCUT2D eigenvalue weighted by Crippen LogP contribution is -2.38. The van der Waals surface area contributed by atoms with Crippen molar-refractivity contribution in [3.63, 3.8) is 0 Å². The summed E-state index contributed by atoms with van der Waals surface area (Å²) in [4.78, 5) is 2.48. The van der Waals surface area contributed by atoms with Crippen LogP contribution in [0.25, 0.3) is 0 Å². The number of hydrogen-bond acceptors (Lipinski definition) is 4. The summed E-state index contributed by atoms with van der Waals surface area (Å²) >= 11 is 0. The Kier molecular flexibility index (Phi) is 5.76. The summed E-state index contributed by atoms with van der Waals surface area (Å²) in [5.41, 5.74) is 4.80. The van der Waals surface area contributed by atoms with E-state index in [1.54, 1.807) is 0 Å². The number of piperidine rings is 1. The Morgan fingerprint density at radius 1 is 1.12 bits per heavy atom. The molecule has 2 aromatic rings. The highest BCUT2D eigenvalue weighted by molar-refractivity contribution is 5.27. The van der Waals surface area contributed by atoms with E-state index in [4.69, 9.17) is 9.84 Å². The second-order valence-corrected chi connectivity index (χ2v) is 7.00. The van der Waals surface area contributed by atoms with Gasteiger partial charge in [0.25, 0.3) is 0 Å². The molecule has 2 heterocycles. The molecule has 5 heteroatoms. The predicted octanol–water partition coefficient (Wildman–Crippen LogP) is 2.84. The molecule has 136 valence electrons. The summed E-state index contributed by atoms with van der Waals surface area (Å²) in [6.07, 6.45) is 2.41. The molecule has 1 aromatic heterocycles. The van der Waals surface area contributed by atoms with E-state index in [0.717, 1.165) is 43.9 Å². The third-order valence-electron chi connectivity index (χ3n) is 5.08. The Balaban J connectivity index is 1.53. The Labute approximate surface area is 150 Å². The zero-order chi connectivity index (χ0) is 17.8. The molecule has 1 N–H and O–H groups in total. The highest BCUT2D eigenvalue weighted by Gasteiger charge is 2.22. The van der Waals surface area contributed by atoms with Crippen molar-refractivity contribution in [1.82, 2.24) is 14.7 Å². The largest absolute Gasteiger partial charge is 0.490 e. The van der Waals surface area contributed by atoms with Crippen LogP contribution >= 0.6 is 0 Å². The molecule has 1 aliphatic heterocycles. The SMILES string of the molecule is Cc1ccc(OC2CCN(Cc3c(C)nn(CCO)c3C)CC2)cc1. The third-order valence-corrected chi connectivity index (χ3v) is 5.08. The van der Waals surface area contributed by atoms with Crippen LogP contribution in [0.4, 0.5) is 0 Å². The van der Waals surface area contributed by atoms with Crippen LogP contribution in [0.15, 0.2) is 24.3 Å². The first-order valence-corrected chi connectivity index (χ1v) is 9.16. The first-order chi connectivity index (χ1) is 12.1. The number of likely N-dealkylation sites (tertiary alicyclic amines) is 1. The number of aliphatic hydroxyl groups excluding tert-OH is 1. The summed E-state index contributed by atoms with van der Waals surface area (Å²) in [6.45, 7) is 9.96. The molecule has 0 aliphatic carbocycles. The zero-order valence-corrected chi connectivity index (χ0v) is 15.5. The van der Waals surface area contributed by atoms with E-state index in [0.29, 0.717) is 12.6 Å². The van der Waals surface area contributed by atoms with Crippen molar-refractivity contribution >= 4 is 0 Å². The number of aryl methyl sites for hydroxylation is 2. The molecular weight excluding hydrogens is 314 g/mol. The van der Waals surface area contributed by atoms with Crippen LogP contribution in [0.1, 0.15) is 35.4 Å². The second-order valence-electron chi connectivity index (χ2n) is 7.00. The van der Waals surface area contributed by atoms with Gasteiger partial charge in [-0.3, -0.25) is 9.58 Å². The molecule has 0 bridgehead atoms. The minimum absolute atomic E-state index is 0.128. The van der Waals surface area contributed by atoms with Crippen LogP contribution < -0.4 is 4.74 Å². The summed E-state index contributed by atoms with van der Waals surface area (Å²) in [7, 11) is 0. The molecule has 0 saturated carbocycles. The molecule has 1 saturated heterocycles. The first kappa shape index (κ1) is 18.0. The lowest BCUT2D eigenvalue weighted by Gasteiger charge is -2.32. The third kappa shape index (κ3) is 4.41. The van der Waals surface area contributed by atoms with Gasteiger partial charge in [-0.2, -0.15) is 5.10 Å². The van der Waals surface area contributed by atoms with Crippen molar-refractivity contribution in [2.24, 2.45) is 0 Å². The van der Waals surface area contributed by atoms with Gasteiger partial charge in [0.15, 0.2) is 0 Å². The van der Waals surface area contributed by atoms with Gasteiger partial charge in [0.1, 0.15) is 11.9 Å². The Morgan fingerprint density at radius 3 is 2.44 bits per heavy atom. The monoisotopic (exact) mass is 343 g/mol. The van der Waals surface area contributed by atoms with Gasteiger partial charge in [-0.1, -0.05) is 17.7 Å². The van der Waals surface area contributed by atoms with Crippen molar-refractivity contribution in [2.45, 2.75) is 52.8 Å². The van der Waals surface area contributed by atoms with Crippen LogP contribution in [0.2, 0.25) is 0 Å². The van der Waals surface area contributed by atoms with Crippen molar-refractivity contribution < 1.29 is 9.84 Å². The average Bonchev–Trinajstić information content (AvgIpc) is 2.86. The van der Waals surface area contributed by atoms with Crippen LogP contribution in [0.5, 0.6) is 5.75 Å². The minimum atomic E-state index is 0.128. The van der Waals surface area contributed by atoms with Gasteiger partial charge in [0.2, 0.25) is 0 Å². The van der Waals surface area contributed by atoms with E-state index in [2.05, 4.69) is 55.0 Å². The highest BCUT2D eigenvalue weighted by atomic mass is 16.5. The first-order valence-electron chi connectivity index (χ1n) is 9.16. The maximum Gasteiger partial charge on any atom is 0.119 e. The summed E-state index contributed by atoms with van der Waals surface area (Å²) < 4.78 is 8.04. The Morgan fingerprint density at radius 2 is 1.80 bits per heavy atom. The molecule has 1 fully saturated rings. The molecule has 0 radical (unpaired) electrons. The van der Waals surface area contributed by atoms with Crippen molar-refractivity contribution in [3.8, 4) is 5.75 Å². The Hall–Kier alpha value is -1.85. The van der Waals surface area contributed by atoms with E-state index in [9.17, 15) is 0 Å². The highest BCUT2D eigenvalue weighted by Crippen LogP contribution is 2.22. The van der Waals surface area contributed by atoms with Gasteiger partial charge in [-0.15, -0.1) is 0 Å². The molecule has 0 atom stereocenters. The number of ether oxygens (including phenoxy) is 1. The maximum absolute atomic E-state index is 9.15. The summed E-state index contributed by atoms with van der Waals surface area (Å²) in [5.74, 6) is 0.973. The van der Waals surface area contributed by atoms with E-state index in [-0.39, 0.29) is 6.61 Å². The normalized spacial score (nSPS) is 16.3. The van der Waals surface area contributed by atoms with Gasteiger partial charge in [-0.25, -0.2) is 0 Å². The fraction of sp³-hybridized carbons (Fsp3) is 0.550. The van der Waals surface area contributed by atoms with Crippen LogP contribution in [0.3, 0.4) is 0 Å². The molecule has 0 unspecified atom stereocenters. The predicted molar refractivity (Wildman–Crippen MR) is 98.9 cm³/mol. The fourth-order valence-corrected chi connectivity index (χ4v) is 3.49. The average molecular weight is 343 g/mol. The van der Waals surface area contributed by atoms with Gasteiger partial charge < -0.3 is 9.84 Å². The number of aromatic nitrogens is 2. The molecule has 5 nitrogen and oxygen atoms in total. The molecule has 0 amide bonds. The van der Waals surface area contributed by atoms with Gasteiger partial charge in [-0.05, 0) is 45.7 Å². The number of benzene rings is 1.